The number of amides is 1. The van der Waals surface area contributed by atoms with Crippen molar-refractivity contribution in [2.45, 2.75) is 26.4 Å². The molecule has 1 amide bonds. The second kappa shape index (κ2) is 4.86. The predicted octanol–water partition coefficient (Wildman–Crippen LogP) is 0.520. The van der Waals surface area contributed by atoms with Gasteiger partial charge >= 0.3 is 6.09 Å². The van der Waals surface area contributed by atoms with Gasteiger partial charge in [-0.3, -0.25) is 5.43 Å². The third-order valence-electron chi connectivity index (χ3n) is 0.904. The number of carbonyl (C=O) groups excluding carboxylic acids is 1. The summed E-state index contributed by atoms with van der Waals surface area (Å²) in [5, 5.41) is 2.96. The van der Waals surface area contributed by atoms with Crippen molar-refractivity contribution in [1.29, 1.82) is 0 Å². The molecule has 0 unspecified atom stereocenters. The van der Waals surface area contributed by atoms with E-state index in [9.17, 15) is 4.79 Å². The Kier molecular flexibility index (Phi) is 4.47. The zero-order chi connectivity index (χ0) is 10.5. The molecule has 0 fully saturated rings. The molecule has 0 aromatic rings. The van der Waals surface area contributed by atoms with Crippen LogP contribution in [0.2, 0.25) is 0 Å². The van der Waals surface area contributed by atoms with Crippen molar-refractivity contribution in [3.8, 4) is 0 Å². The van der Waals surface area contributed by atoms with Gasteiger partial charge in [0.1, 0.15) is 5.60 Å². The Labute approximate surface area is 83.2 Å². The van der Waals surface area contributed by atoms with Crippen LogP contribution in [0.4, 0.5) is 4.79 Å². The van der Waals surface area contributed by atoms with E-state index in [1.54, 1.807) is 27.8 Å². The van der Waals surface area contributed by atoms with E-state index in [4.69, 9.17) is 17.0 Å². The molecule has 0 radical (unpaired) electrons. The first-order valence-electron chi connectivity index (χ1n) is 3.82. The van der Waals surface area contributed by atoms with Gasteiger partial charge < -0.3 is 10.1 Å². The van der Waals surface area contributed by atoms with Crippen molar-refractivity contribution in [2.75, 3.05) is 7.05 Å². The SMILES string of the molecule is CNC(=S)NNC(=O)OC(C)(C)C. The fraction of sp³-hybridized carbons (Fsp3) is 0.714. The van der Waals surface area contributed by atoms with Crippen LogP contribution in [0, 0.1) is 0 Å². The molecule has 6 heteroatoms. The Hall–Kier alpha value is -1.04. The first-order chi connectivity index (χ1) is 5.85. The number of hydrogen-bond donors (Lipinski definition) is 3. The number of carbonyl (C=O) groups is 1. The quantitative estimate of drug-likeness (QED) is 0.397. The summed E-state index contributed by atoms with van der Waals surface area (Å²) in [5.41, 5.74) is 4.22. The molecule has 0 aliphatic carbocycles. The lowest BCUT2D eigenvalue weighted by Gasteiger charge is -2.20. The summed E-state index contributed by atoms with van der Waals surface area (Å²) in [6.45, 7) is 5.34. The molecule has 0 bridgehead atoms. The molecule has 0 aliphatic rings. The molecule has 13 heavy (non-hydrogen) atoms. The number of nitrogens with one attached hydrogen (secondary N) is 3. The molecule has 0 aromatic carbocycles. The minimum Gasteiger partial charge on any atom is -0.443 e. The highest BCUT2D eigenvalue weighted by molar-refractivity contribution is 7.80. The van der Waals surface area contributed by atoms with Gasteiger partial charge in [0.05, 0.1) is 0 Å². The normalized spacial score (nSPS) is 10.2. The van der Waals surface area contributed by atoms with E-state index in [1.807, 2.05) is 0 Å². The molecule has 76 valence electrons. The van der Waals surface area contributed by atoms with E-state index < -0.39 is 11.7 Å². The van der Waals surface area contributed by atoms with Gasteiger partial charge in [0.2, 0.25) is 0 Å². The molecule has 0 saturated carbocycles. The van der Waals surface area contributed by atoms with Crippen molar-refractivity contribution >= 4 is 23.4 Å². The summed E-state index contributed by atoms with van der Waals surface area (Å²) in [6.07, 6.45) is -0.565. The average Bonchev–Trinajstić information content (AvgIpc) is 1.97. The van der Waals surface area contributed by atoms with E-state index in [-0.39, 0.29) is 0 Å². The third-order valence-corrected chi connectivity index (χ3v) is 1.21. The lowest BCUT2D eigenvalue weighted by Crippen LogP contribution is -2.47. The van der Waals surface area contributed by atoms with E-state index >= 15 is 0 Å². The van der Waals surface area contributed by atoms with Gasteiger partial charge in [-0.25, -0.2) is 10.2 Å². The summed E-state index contributed by atoms with van der Waals surface area (Å²) in [6, 6.07) is 0. The molecule has 3 N–H and O–H groups in total. The van der Waals surface area contributed by atoms with Crippen molar-refractivity contribution < 1.29 is 9.53 Å². The Morgan fingerprint density at radius 1 is 1.31 bits per heavy atom. The summed E-state index contributed by atoms with van der Waals surface area (Å²) in [7, 11) is 1.64. The van der Waals surface area contributed by atoms with Gasteiger partial charge in [-0.1, -0.05) is 0 Å². The van der Waals surface area contributed by atoms with Gasteiger partial charge in [0.25, 0.3) is 0 Å². The second-order valence-corrected chi connectivity index (χ2v) is 3.74. The second-order valence-electron chi connectivity index (χ2n) is 3.33. The van der Waals surface area contributed by atoms with Crippen molar-refractivity contribution in [2.24, 2.45) is 0 Å². The molecule has 5 nitrogen and oxygen atoms in total. The Morgan fingerprint density at radius 3 is 2.23 bits per heavy atom. The summed E-state index contributed by atoms with van der Waals surface area (Å²) in [4.78, 5) is 11.0. The van der Waals surface area contributed by atoms with Gasteiger partial charge in [-0.05, 0) is 33.0 Å². The van der Waals surface area contributed by atoms with Crippen LogP contribution in [-0.4, -0.2) is 23.9 Å². The number of hydrogen-bond acceptors (Lipinski definition) is 3. The van der Waals surface area contributed by atoms with E-state index in [2.05, 4.69) is 16.2 Å². The highest BCUT2D eigenvalue weighted by atomic mass is 32.1. The largest absolute Gasteiger partial charge is 0.443 e. The third kappa shape index (κ3) is 7.32. The smallest absolute Gasteiger partial charge is 0.426 e. The minimum absolute atomic E-state index is 0.325. The van der Waals surface area contributed by atoms with Crippen LogP contribution in [0.1, 0.15) is 20.8 Å². The highest BCUT2D eigenvalue weighted by Gasteiger charge is 2.15. The molecular weight excluding hydrogens is 190 g/mol. The maximum Gasteiger partial charge on any atom is 0.426 e. The van der Waals surface area contributed by atoms with Gasteiger partial charge in [-0.15, -0.1) is 0 Å². The number of thiocarbonyl (C=S) groups is 1. The van der Waals surface area contributed by atoms with Crippen LogP contribution >= 0.6 is 12.2 Å². The number of ether oxygens (including phenoxy) is 1. The van der Waals surface area contributed by atoms with Crippen LogP contribution in [0.15, 0.2) is 0 Å². The first kappa shape index (κ1) is 12.0. The molecule has 0 aromatic heterocycles. The van der Waals surface area contributed by atoms with E-state index in [0.29, 0.717) is 5.11 Å². The lowest BCUT2D eigenvalue weighted by atomic mass is 10.2. The molecule has 0 atom stereocenters. The Morgan fingerprint density at radius 2 is 1.85 bits per heavy atom. The fourth-order valence-corrected chi connectivity index (χ4v) is 0.525. The summed E-state index contributed by atoms with van der Waals surface area (Å²) in [5.74, 6) is 0. The predicted molar refractivity (Wildman–Crippen MR) is 54.2 cm³/mol. The fourth-order valence-electron chi connectivity index (χ4n) is 0.474. The van der Waals surface area contributed by atoms with Gasteiger partial charge in [0, 0.05) is 7.05 Å². The Balaban J connectivity index is 3.71. The maximum absolute atomic E-state index is 11.0. The van der Waals surface area contributed by atoms with Crippen LogP contribution in [0.25, 0.3) is 0 Å². The first-order valence-corrected chi connectivity index (χ1v) is 4.22. The standard InChI is InChI=1S/C7H15N3O2S/c1-7(2,3)12-6(11)10-9-5(13)8-4/h1-4H3,(H,10,11)(H2,8,9,13). The topological polar surface area (TPSA) is 62.4 Å². The van der Waals surface area contributed by atoms with Crippen molar-refractivity contribution in [1.82, 2.24) is 16.2 Å². The molecule has 0 aliphatic heterocycles. The zero-order valence-electron chi connectivity index (χ0n) is 8.22. The number of hydrazine groups is 1. The average molecular weight is 205 g/mol. The monoisotopic (exact) mass is 205 g/mol. The van der Waals surface area contributed by atoms with E-state index in [0.717, 1.165) is 0 Å². The van der Waals surface area contributed by atoms with Gasteiger partial charge in [-0.2, -0.15) is 0 Å². The zero-order valence-corrected chi connectivity index (χ0v) is 9.04. The molecular formula is C7H15N3O2S. The summed E-state index contributed by atoms with van der Waals surface area (Å²) < 4.78 is 4.93. The van der Waals surface area contributed by atoms with Crippen LogP contribution in [-0.2, 0) is 4.74 Å². The molecule has 0 rings (SSSR count). The van der Waals surface area contributed by atoms with E-state index in [1.165, 1.54) is 0 Å². The van der Waals surface area contributed by atoms with Crippen LogP contribution < -0.4 is 16.2 Å². The number of rotatable bonds is 0. The Bertz CT molecular complexity index is 200. The van der Waals surface area contributed by atoms with Gasteiger partial charge in [0.15, 0.2) is 5.11 Å². The lowest BCUT2D eigenvalue weighted by molar-refractivity contribution is 0.0513. The van der Waals surface area contributed by atoms with Crippen LogP contribution in [0.5, 0.6) is 0 Å². The van der Waals surface area contributed by atoms with Crippen LogP contribution in [0.3, 0.4) is 0 Å². The molecule has 0 heterocycles. The highest BCUT2D eigenvalue weighted by Crippen LogP contribution is 2.05. The molecule has 0 saturated heterocycles. The van der Waals surface area contributed by atoms with Crippen molar-refractivity contribution in [3.63, 3.8) is 0 Å². The minimum atomic E-state index is -0.565. The maximum atomic E-state index is 11.0. The van der Waals surface area contributed by atoms with Crippen molar-refractivity contribution in [3.05, 3.63) is 0 Å². The summed E-state index contributed by atoms with van der Waals surface area (Å²) >= 11 is 4.72. The molecule has 0 spiro atoms.